The molecule has 0 saturated heterocycles. The molecule has 0 aliphatic rings. The molecule has 3 heteroatoms. The number of carboxylic acids is 1. The zero-order valence-corrected chi connectivity index (χ0v) is 11.3. The molecule has 2 rings (SSSR count). The molecule has 0 aliphatic carbocycles. The molecule has 0 unspecified atom stereocenters. The lowest BCUT2D eigenvalue weighted by Crippen LogP contribution is -2.02. The van der Waals surface area contributed by atoms with Crippen LogP contribution in [0.25, 0.3) is 0 Å². The highest BCUT2D eigenvalue weighted by Crippen LogP contribution is 2.13. The highest BCUT2D eigenvalue weighted by molar-refractivity contribution is 6.08. The second kappa shape index (κ2) is 6.15. The fourth-order valence-electron chi connectivity index (χ4n) is 1.95. The van der Waals surface area contributed by atoms with E-state index in [1.807, 2.05) is 43.3 Å². The van der Waals surface area contributed by atoms with Crippen molar-refractivity contribution in [3.8, 4) is 0 Å². The molecule has 2 aromatic rings. The summed E-state index contributed by atoms with van der Waals surface area (Å²) in [4.78, 5) is 22.7. The van der Waals surface area contributed by atoms with Crippen LogP contribution in [0.4, 0.5) is 0 Å². The predicted octanol–water partition coefficient (Wildman–Crippen LogP) is 3.24. The monoisotopic (exact) mass is 268 g/mol. The lowest BCUT2D eigenvalue weighted by molar-refractivity contribution is -0.136. The minimum atomic E-state index is -0.815. The van der Waals surface area contributed by atoms with Crippen LogP contribution < -0.4 is 0 Å². The van der Waals surface area contributed by atoms with Gasteiger partial charge in [0.2, 0.25) is 0 Å². The number of carboxylic acid groups (broad SMARTS) is 1. The third kappa shape index (κ3) is 3.54. The molecule has 0 atom stereocenters. The highest BCUT2D eigenvalue weighted by atomic mass is 16.4. The van der Waals surface area contributed by atoms with E-state index in [0.29, 0.717) is 17.5 Å². The molecule has 0 fully saturated rings. The molecule has 3 nitrogen and oxygen atoms in total. The van der Waals surface area contributed by atoms with Crippen LogP contribution in [0.3, 0.4) is 0 Å². The Labute approximate surface area is 117 Å². The highest BCUT2D eigenvalue weighted by Gasteiger charge is 2.08. The van der Waals surface area contributed by atoms with Gasteiger partial charge < -0.3 is 5.11 Å². The third-order valence-corrected chi connectivity index (χ3v) is 3.16. The summed E-state index contributed by atoms with van der Waals surface area (Å²) in [5.41, 5.74) is 3.32. The maximum atomic E-state index is 12.2. The van der Waals surface area contributed by atoms with Crippen molar-refractivity contribution in [3.63, 3.8) is 0 Å². The van der Waals surface area contributed by atoms with E-state index in [-0.39, 0.29) is 12.2 Å². The number of hydrogen-bond donors (Lipinski definition) is 1. The van der Waals surface area contributed by atoms with Gasteiger partial charge in [0.15, 0.2) is 5.78 Å². The first-order valence-electron chi connectivity index (χ1n) is 6.48. The van der Waals surface area contributed by atoms with Crippen molar-refractivity contribution in [2.45, 2.75) is 19.8 Å². The van der Waals surface area contributed by atoms with E-state index in [4.69, 9.17) is 5.11 Å². The lowest BCUT2D eigenvalue weighted by atomic mass is 10.00. The molecular formula is C17H16O3. The van der Waals surface area contributed by atoms with Gasteiger partial charge in [-0.25, -0.2) is 0 Å². The van der Waals surface area contributed by atoms with E-state index in [9.17, 15) is 9.59 Å². The summed E-state index contributed by atoms with van der Waals surface area (Å²) in [6.45, 7) is 1.98. The quantitative estimate of drug-likeness (QED) is 0.847. The SMILES string of the molecule is Cc1ccc(C(=O)c2ccc(CCC(=O)O)cc2)cc1. The molecule has 0 spiro atoms. The molecule has 0 aromatic heterocycles. The summed E-state index contributed by atoms with van der Waals surface area (Å²) >= 11 is 0. The molecule has 20 heavy (non-hydrogen) atoms. The van der Waals surface area contributed by atoms with Crippen LogP contribution >= 0.6 is 0 Å². The van der Waals surface area contributed by atoms with E-state index < -0.39 is 5.97 Å². The zero-order valence-electron chi connectivity index (χ0n) is 11.3. The zero-order chi connectivity index (χ0) is 14.5. The van der Waals surface area contributed by atoms with E-state index in [1.54, 1.807) is 12.1 Å². The van der Waals surface area contributed by atoms with Gasteiger partial charge in [-0.3, -0.25) is 9.59 Å². The van der Waals surface area contributed by atoms with Crippen molar-refractivity contribution < 1.29 is 14.7 Å². The number of hydrogen-bond acceptors (Lipinski definition) is 2. The second-order valence-electron chi connectivity index (χ2n) is 4.79. The predicted molar refractivity (Wildman–Crippen MR) is 77.0 cm³/mol. The van der Waals surface area contributed by atoms with Crippen LogP contribution in [0.5, 0.6) is 0 Å². The Hall–Kier alpha value is -2.42. The first kappa shape index (κ1) is 14.0. The Balaban J connectivity index is 2.11. The largest absolute Gasteiger partial charge is 0.481 e. The Morgan fingerprint density at radius 3 is 1.90 bits per heavy atom. The fourth-order valence-corrected chi connectivity index (χ4v) is 1.95. The van der Waals surface area contributed by atoms with E-state index >= 15 is 0 Å². The van der Waals surface area contributed by atoms with E-state index in [0.717, 1.165) is 11.1 Å². The van der Waals surface area contributed by atoms with Crippen LogP contribution in [0, 0.1) is 6.92 Å². The maximum Gasteiger partial charge on any atom is 0.303 e. The van der Waals surface area contributed by atoms with Crippen LogP contribution in [0.1, 0.15) is 33.5 Å². The van der Waals surface area contributed by atoms with Crippen molar-refractivity contribution in [1.29, 1.82) is 0 Å². The summed E-state index contributed by atoms with van der Waals surface area (Å²) < 4.78 is 0. The smallest absolute Gasteiger partial charge is 0.303 e. The Kier molecular flexibility index (Phi) is 4.31. The van der Waals surface area contributed by atoms with Crippen molar-refractivity contribution in [2.24, 2.45) is 0 Å². The van der Waals surface area contributed by atoms with Crippen LogP contribution in [0.2, 0.25) is 0 Å². The van der Waals surface area contributed by atoms with Gasteiger partial charge in [-0.2, -0.15) is 0 Å². The molecule has 0 bridgehead atoms. The van der Waals surface area contributed by atoms with Gasteiger partial charge in [0.25, 0.3) is 0 Å². The van der Waals surface area contributed by atoms with Gasteiger partial charge in [0.05, 0.1) is 0 Å². The van der Waals surface area contributed by atoms with E-state index in [1.165, 1.54) is 0 Å². The Morgan fingerprint density at radius 1 is 0.900 bits per heavy atom. The topological polar surface area (TPSA) is 54.4 Å². The van der Waals surface area contributed by atoms with Gasteiger partial charge in [-0.1, -0.05) is 54.1 Å². The summed E-state index contributed by atoms with van der Waals surface area (Å²) in [6, 6.07) is 14.6. The lowest BCUT2D eigenvalue weighted by Gasteiger charge is -2.04. The third-order valence-electron chi connectivity index (χ3n) is 3.16. The number of benzene rings is 2. The average Bonchev–Trinajstić information content (AvgIpc) is 2.46. The second-order valence-corrected chi connectivity index (χ2v) is 4.79. The first-order valence-corrected chi connectivity index (χ1v) is 6.48. The van der Waals surface area contributed by atoms with Crippen molar-refractivity contribution in [2.75, 3.05) is 0 Å². The molecule has 0 amide bonds. The number of ketones is 1. The molecule has 102 valence electrons. The number of aryl methyl sites for hydroxylation is 2. The van der Waals surface area contributed by atoms with Crippen molar-refractivity contribution in [3.05, 3.63) is 70.8 Å². The average molecular weight is 268 g/mol. The fraction of sp³-hybridized carbons (Fsp3) is 0.176. The van der Waals surface area contributed by atoms with Gasteiger partial charge >= 0.3 is 5.97 Å². The van der Waals surface area contributed by atoms with Gasteiger partial charge in [-0.05, 0) is 18.9 Å². The Morgan fingerprint density at radius 2 is 1.40 bits per heavy atom. The van der Waals surface area contributed by atoms with Gasteiger partial charge in [0.1, 0.15) is 0 Å². The minimum Gasteiger partial charge on any atom is -0.481 e. The molecule has 0 aliphatic heterocycles. The number of rotatable bonds is 5. The van der Waals surface area contributed by atoms with Crippen LogP contribution in [0.15, 0.2) is 48.5 Å². The summed E-state index contributed by atoms with van der Waals surface area (Å²) in [7, 11) is 0. The standard InChI is InChI=1S/C17H16O3/c1-12-2-7-14(8-3-12)17(20)15-9-4-13(5-10-15)6-11-16(18)19/h2-5,7-10H,6,11H2,1H3,(H,18,19). The van der Waals surface area contributed by atoms with Crippen molar-refractivity contribution in [1.82, 2.24) is 0 Å². The van der Waals surface area contributed by atoms with Crippen LogP contribution in [-0.4, -0.2) is 16.9 Å². The molecular weight excluding hydrogens is 252 g/mol. The van der Waals surface area contributed by atoms with Gasteiger partial charge in [0, 0.05) is 17.5 Å². The number of carbonyl (C=O) groups is 2. The molecule has 1 N–H and O–H groups in total. The summed E-state index contributed by atoms with van der Waals surface area (Å²) in [6.07, 6.45) is 0.583. The summed E-state index contributed by atoms with van der Waals surface area (Å²) in [5, 5.41) is 8.63. The maximum absolute atomic E-state index is 12.2. The minimum absolute atomic E-state index is 0.0187. The molecule has 0 radical (unpaired) electrons. The molecule has 2 aromatic carbocycles. The van der Waals surface area contributed by atoms with E-state index in [2.05, 4.69) is 0 Å². The normalized spacial score (nSPS) is 10.2. The van der Waals surface area contributed by atoms with Gasteiger partial charge in [-0.15, -0.1) is 0 Å². The Bertz CT molecular complexity index is 610. The first-order chi connectivity index (χ1) is 9.56. The van der Waals surface area contributed by atoms with Crippen molar-refractivity contribution >= 4 is 11.8 Å². The summed E-state index contributed by atoms with van der Waals surface area (Å²) in [5.74, 6) is -0.834. The number of aliphatic carboxylic acids is 1. The van der Waals surface area contributed by atoms with Crippen LogP contribution in [-0.2, 0) is 11.2 Å². The molecule has 0 heterocycles. The number of carbonyl (C=O) groups excluding carboxylic acids is 1. The molecule has 0 saturated carbocycles.